The Labute approximate surface area is 139 Å². The number of rotatable bonds is 14. The molecule has 0 aliphatic carbocycles. The van der Waals surface area contributed by atoms with Crippen LogP contribution in [0.1, 0.15) is 74.6 Å². The van der Waals surface area contributed by atoms with Crippen LogP contribution in [0.15, 0.2) is 24.3 Å². The summed E-state index contributed by atoms with van der Waals surface area (Å²) in [4.78, 5) is 10.9. The van der Waals surface area contributed by atoms with Crippen LogP contribution in [0.5, 0.6) is 5.75 Å². The van der Waals surface area contributed by atoms with Crippen LogP contribution in [0.4, 0.5) is 0 Å². The van der Waals surface area contributed by atoms with Crippen molar-refractivity contribution >= 4 is 5.97 Å². The Balaban J connectivity index is 1.93. The van der Waals surface area contributed by atoms with Crippen molar-refractivity contribution in [2.45, 2.75) is 64.2 Å². The molecule has 130 valence electrons. The van der Waals surface area contributed by atoms with Gasteiger partial charge in [-0.05, 0) is 31.0 Å². The molecule has 0 amide bonds. The Kier molecular flexibility index (Phi) is 11.0. The summed E-state index contributed by atoms with van der Waals surface area (Å²) in [6.45, 7) is 0.965. The lowest BCUT2D eigenvalue weighted by Gasteiger charge is -2.07. The molecular weight excluding hydrogens is 292 g/mol. The molecule has 0 saturated heterocycles. The number of aliphatic hydroxyl groups is 1. The van der Waals surface area contributed by atoms with E-state index in [1.807, 2.05) is 0 Å². The first kappa shape index (κ1) is 19.5. The number of carboxylic acid groups (broad SMARTS) is 1. The highest BCUT2D eigenvalue weighted by Crippen LogP contribution is 2.15. The number of aliphatic hydroxyl groups excluding tert-OH is 1. The molecule has 4 nitrogen and oxygen atoms in total. The average molecular weight is 322 g/mol. The molecule has 2 N–H and O–H groups in total. The number of aromatic carboxylic acids is 1. The van der Waals surface area contributed by atoms with Crippen LogP contribution in [-0.4, -0.2) is 29.4 Å². The van der Waals surface area contributed by atoms with E-state index in [4.69, 9.17) is 14.9 Å². The van der Waals surface area contributed by atoms with Gasteiger partial charge >= 0.3 is 5.97 Å². The summed E-state index contributed by atoms with van der Waals surface area (Å²) in [5, 5.41) is 17.6. The predicted octanol–water partition coefficient (Wildman–Crippen LogP) is 4.66. The molecular formula is C19H30O4. The summed E-state index contributed by atoms with van der Waals surface area (Å²) in [6, 6.07) is 6.64. The van der Waals surface area contributed by atoms with Crippen LogP contribution in [-0.2, 0) is 0 Å². The van der Waals surface area contributed by atoms with Gasteiger partial charge in [-0.1, -0.05) is 57.4 Å². The molecule has 0 radical (unpaired) electrons. The second-order valence-electron chi connectivity index (χ2n) is 5.94. The quantitative estimate of drug-likeness (QED) is 0.489. The van der Waals surface area contributed by atoms with Gasteiger partial charge in [0.05, 0.1) is 12.2 Å². The van der Waals surface area contributed by atoms with Crippen molar-refractivity contribution in [3.05, 3.63) is 29.8 Å². The van der Waals surface area contributed by atoms with Gasteiger partial charge in [0, 0.05) is 6.61 Å². The van der Waals surface area contributed by atoms with Gasteiger partial charge in [-0.25, -0.2) is 4.79 Å². The molecule has 1 rings (SSSR count). The zero-order valence-corrected chi connectivity index (χ0v) is 14.0. The third-order valence-corrected chi connectivity index (χ3v) is 3.90. The first-order chi connectivity index (χ1) is 11.2. The highest BCUT2D eigenvalue weighted by Gasteiger charge is 2.03. The molecule has 4 heteroatoms. The highest BCUT2D eigenvalue weighted by atomic mass is 16.5. The first-order valence-electron chi connectivity index (χ1n) is 8.81. The maximum atomic E-state index is 10.9. The standard InChI is InChI=1S/C19H30O4/c20-14-9-7-5-3-1-2-4-6-8-10-15-23-18-13-11-12-17(16-18)19(21)22/h11-13,16,20H,1-10,14-15H2,(H,21,22). The topological polar surface area (TPSA) is 66.8 Å². The van der Waals surface area contributed by atoms with Gasteiger partial charge in [-0.2, -0.15) is 0 Å². The molecule has 0 heterocycles. The third kappa shape index (κ3) is 9.95. The van der Waals surface area contributed by atoms with E-state index in [2.05, 4.69) is 0 Å². The van der Waals surface area contributed by atoms with Crippen molar-refractivity contribution in [3.63, 3.8) is 0 Å². The number of benzene rings is 1. The SMILES string of the molecule is O=C(O)c1cccc(OCCCCCCCCCCCCO)c1. The lowest BCUT2D eigenvalue weighted by molar-refractivity contribution is 0.0696. The second kappa shape index (κ2) is 12.9. The van der Waals surface area contributed by atoms with E-state index in [0.717, 1.165) is 25.7 Å². The molecule has 23 heavy (non-hydrogen) atoms. The molecule has 0 aliphatic rings. The molecule has 1 aromatic carbocycles. The van der Waals surface area contributed by atoms with Crippen molar-refractivity contribution < 1.29 is 19.7 Å². The maximum Gasteiger partial charge on any atom is 0.335 e. The van der Waals surface area contributed by atoms with Crippen LogP contribution in [0.25, 0.3) is 0 Å². The lowest BCUT2D eigenvalue weighted by Crippen LogP contribution is -2.00. The van der Waals surface area contributed by atoms with E-state index in [1.165, 1.54) is 38.5 Å². The zero-order chi connectivity index (χ0) is 16.8. The number of ether oxygens (including phenoxy) is 1. The minimum Gasteiger partial charge on any atom is -0.494 e. The highest BCUT2D eigenvalue weighted by molar-refractivity contribution is 5.87. The normalized spacial score (nSPS) is 10.7. The fourth-order valence-corrected chi connectivity index (χ4v) is 2.54. The number of unbranched alkanes of at least 4 members (excludes halogenated alkanes) is 9. The fraction of sp³-hybridized carbons (Fsp3) is 0.632. The number of hydrogen-bond acceptors (Lipinski definition) is 3. The van der Waals surface area contributed by atoms with Gasteiger partial charge in [0.25, 0.3) is 0 Å². The van der Waals surface area contributed by atoms with Gasteiger partial charge in [-0.15, -0.1) is 0 Å². The van der Waals surface area contributed by atoms with E-state index < -0.39 is 5.97 Å². The van der Waals surface area contributed by atoms with Crippen molar-refractivity contribution in [1.82, 2.24) is 0 Å². The summed E-state index contributed by atoms with van der Waals surface area (Å²) in [7, 11) is 0. The smallest absolute Gasteiger partial charge is 0.335 e. The number of carbonyl (C=O) groups is 1. The van der Waals surface area contributed by atoms with Gasteiger partial charge in [0.2, 0.25) is 0 Å². The Bertz CT molecular complexity index is 431. The molecule has 0 saturated carbocycles. The molecule has 0 spiro atoms. The first-order valence-corrected chi connectivity index (χ1v) is 8.81. The molecule has 0 atom stereocenters. The van der Waals surface area contributed by atoms with Crippen LogP contribution in [0.3, 0.4) is 0 Å². The Morgan fingerprint density at radius 3 is 2.00 bits per heavy atom. The van der Waals surface area contributed by atoms with Gasteiger partial charge < -0.3 is 14.9 Å². The molecule has 0 aliphatic heterocycles. The number of hydrogen-bond donors (Lipinski definition) is 2. The summed E-state index contributed by atoms with van der Waals surface area (Å²) < 4.78 is 5.60. The van der Waals surface area contributed by atoms with Crippen LogP contribution < -0.4 is 4.74 Å². The van der Waals surface area contributed by atoms with E-state index >= 15 is 0 Å². The van der Waals surface area contributed by atoms with Crippen LogP contribution in [0, 0.1) is 0 Å². The van der Waals surface area contributed by atoms with E-state index in [1.54, 1.807) is 24.3 Å². The van der Waals surface area contributed by atoms with Gasteiger partial charge in [-0.3, -0.25) is 0 Å². The Morgan fingerprint density at radius 1 is 0.870 bits per heavy atom. The predicted molar refractivity (Wildman–Crippen MR) is 92.2 cm³/mol. The molecule has 0 aromatic heterocycles. The molecule has 1 aromatic rings. The second-order valence-corrected chi connectivity index (χ2v) is 5.94. The van der Waals surface area contributed by atoms with E-state index in [9.17, 15) is 4.79 Å². The van der Waals surface area contributed by atoms with Gasteiger partial charge in [0.15, 0.2) is 0 Å². The molecule has 0 unspecified atom stereocenters. The van der Waals surface area contributed by atoms with Gasteiger partial charge in [0.1, 0.15) is 5.75 Å². The zero-order valence-electron chi connectivity index (χ0n) is 14.0. The third-order valence-electron chi connectivity index (χ3n) is 3.90. The average Bonchev–Trinajstić information content (AvgIpc) is 2.56. The van der Waals surface area contributed by atoms with Crippen molar-refractivity contribution in [2.75, 3.05) is 13.2 Å². The van der Waals surface area contributed by atoms with E-state index in [-0.39, 0.29) is 5.56 Å². The lowest BCUT2D eigenvalue weighted by atomic mass is 10.1. The van der Waals surface area contributed by atoms with E-state index in [0.29, 0.717) is 19.0 Å². The fourth-order valence-electron chi connectivity index (χ4n) is 2.54. The largest absolute Gasteiger partial charge is 0.494 e. The summed E-state index contributed by atoms with van der Waals surface area (Å²) in [6.07, 6.45) is 11.9. The van der Waals surface area contributed by atoms with Crippen molar-refractivity contribution in [2.24, 2.45) is 0 Å². The summed E-state index contributed by atoms with van der Waals surface area (Å²) in [5.41, 5.74) is 0.265. The summed E-state index contributed by atoms with van der Waals surface area (Å²) in [5.74, 6) is -0.292. The Morgan fingerprint density at radius 2 is 1.43 bits per heavy atom. The van der Waals surface area contributed by atoms with Crippen LogP contribution in [0.2, 0.25) is 0 Å². The minimum absolute atomic E-state index is 0.265. The minimum atomic E-state index is -0.924. The van der Waals surface area contributed by atoms with Crippen molar-refractivity contribution in [3.8, 4) is 5.75 Å². The molecule has 0 fully saturated rings. The maximum absolute atomic E-state index is 10.9. The monoisotopic (exact) mass is 322 g/mol. The Hall–Kier alpha value is -1.55. The summed E-state index contributed by atoms with van der Waals surface area (Å²) >= 11 is 0. The van der Waals surface area contributed by atoms with Crippen molar-refractivity contribution in [1.29, 1.82) is 0 Å². The number of carboxylic acids is 1. The molecule has 0 bridgehead atoms. The van der Waals surface area contributed by atoms with Crippen LogP contribution >= 0.6 is 0 Å².